The summed E-state index contributed by atoms with van der Waals surface area (Å²) in [6.07, 6.45) is 0.544. The summed E-state index contributed by atoms with van der Waals surface area (Å²) in [7, 11) is -2.97. The van der Waals surface area contributed by atoms with E-state index in [2.05, 4.69) is 11.4 Å². The molecule has 0 bridgehead atoms. The van der Waals surface area contributed by atoms with Crippen LogP contribution in [0, 0.1) is 11.3 Å². The summed E-state index contributed by atoms with van der Waals surface area (Å²) in [5.41, 5.74) is 0.535. The van der Waals surface area contributed by atoms with E-state index in [4.69, 9.17) is 16.9 Å². The maximum Gasteiger partial charge on any atom is 0.152 e. The van der Waals surface area contributed by atoms with Gasteiger partial charge in [-0.1, -0.05) is 11.6 Å². The average molecular weight is 285 g/mol. The molecule has 2 rings (SSSR count). The number of hydrogen-bond donors (Lipinski definition) is 1. The minimum absolute atomic E-state index is 0.0908. The molecular formula is C12H13ClN2O2S. The first-order chi connectivity index (χ1) is 8.34. The highest BCUT2D eigenvalue weighted by molar-refractivity contribution is 7.91. The molecule has 1 heterocycles. The van der Waals surface area contributed by atoms with Gasteiger partial charge in [-0.15, -0.1) is 0 Å². The van der Waals surface area contributed by atoms with Gasteiger partial charge in [-0.25, -0.2) is 8.42 Å². The van der Waals surface area contributed by atoms with E-state index in [0.29, 0.717) is 22.7 Å². The first kappa shape index (κ1) is 13.2. The Kier molecular flexibility index (Phi) is 3.26. The van der Waals surface area contributed by atoms with Crippen LogP contribution in [0.25, 0.3) is 0 Å². The van der Waals surface area contributed by atoms with Crippen LogP contribution in [0.15, 0.2) is 18.2 Å². The fourth-order valence-corrected chi connectivity index (χ4v) is 4.42. The van der Waals surface area contributed by atoms with E-state index >= 15 is 0 Å². The number of nitrogens with one attached hydrogen (secondary N) is 1. The van der Waals surface area contributed by atoms with Crippen molar-refractivity contribution >= 4 is 27.1 Å². The molecule has 1 aromatic carbocycles. The molecule has 96 valence electrons. The highest BCUT2D eigenvalue weighted by Gasteiger charge is 2.38. The van der Waals surface area contributed by atoms with Crippen LogP contribution >= 0.6 is 11.6 Å². The van der Waals surface area contributed by atoms with Gasteiger partial charge in [0.1, 0.15) is 6.07 Å². The highest BCUT2D eigenvalue weighted by Crippen LogP contribution is 2.29. The lowest BCUT2D eigenvalue weighted by atomic mass is 10.0. The molecule has 0 spiro atoms. The molecule has 18 heavy (non-hydrogen) atoms. The van der Waals surface area contributed by atoms with Crippen molar-refractivity contribution in [3.8, 4) is 6.07 Å². The van der Waals surface area contributed by atoms with Crippen LogP contribution in [-0.2, 0) is 9.84 Å². The molecule has 0 amide bonds. The zero-order valence-electron chi connectivity index (χ0n) is 9.90. The van der Waals surface area contributed by atoms with E-state index in [1.807, 2.05) is 6.92 Å². The van der Waals surface area contributed by atoms with Gasteiger partial charge < -0.3 is 5.32 Å². The van der Waals surface area contributed by atoms with Gasteiger partial charge in [0.25, 0.3) is 0 Å². The summed E-state index contributed by atoms with van der Waals surface area (Å²) in [5.74, 6) is 0.277. The van der Waals surface area contributed by atoms with Crippen molar-refractivity contribution in [1.29, 1.82) is 5.26 Å². The fraction of sp³-hybridized carbons (Fsp3) is 0.417. The molecule has 1 aliphatic heterocycles. The van der Waals surface area contributed by atoms with E-state index in [-0.39, 0.29) is 11.5 Å². The molecule has 0 radical (unpaired) electrons. The Bertz CT molecular complexity index is 621. The van der Waals surface area contributed by atoms with Crippen LogP contribution in [-0.4, -0.2) is 25.5 Å². The molecule has 1 atom stereocenters. The number of halogens is 1. The summed E-state index contributed by atoms with van der Waals surface area (Å²) >= 11 is 5.82. The number of hydrogen-bond acceptors (Lipinski definition) is 4. The van der Waals surface area contributed by atoms with Crippen LogP contribution in [0.5, 0.6) is 0 Å². The number of anilines is 1. The van der Waals surface area contributed by atoms with Gasteiger partial charge in [-0.3, -0.25) is 0 Å². The maximum atomic E-state index is 11.5. The van der Waals surface area contributed by atoms with Gasteiger partial charge in [0.2, 0.25) is 0 Å². The molecule has 1 aromatic rings. The third-order valence-electron chi connectivity index (χ3n) is 3.04. The van der Waals surface area contributed by atoms with E-state index in [1.165, 1.54) is 0 Å². The molecule has 0 aromatic heterocycles. The number of nitriles is 1. The lowest BCUT2D eigenvalue weighted by molar-refractivity contribution is 0.574. The van der Waals surface area contributed by atoms with Crippen LogP contribution in [0.1, 0.15) is 18.9 Å². The van der Waals surface area contributed by atoms with Crippen LogP contribution in [0.4, 0.5) is 5.69 Å². The summed E-state index contributed by atoms with van der Waals surface area (Å²) in [6, 6.07) is 7.00. The van der Waals surface area contributed by atoms with Crippen molar-refractivity contribution in [3.05, 3.63) is 28.8 Å². The molecule has 6 heteroatoms. The van der Waals surface area contributed by atoms with Crippen molar-refractivity contribution in [2.24, 2.45) is 0 Å². The fourth-order valence-electron chi connectivity index (χ4n) is 2.15. The van der Waals surface area contributed by atoms with Gasteiger partial charge in [0.15, 0.2) is 9.84 Å². The summed E-state index contributed by atoms with van der Waals surface area (Å²) in [5, 5.41) is 12.7. The number of benzene rings is 1. The first-order valence-electron chi connectivity index (χ1n) is 5.52. The molecule has 0 saturated carbocycles. The van der Waals surface area contributed by atoms with Crippen LogP contribution in [0.3, 0.4) is 0 Å². The Hall–Kier alpha value is -1.25. The SMILES string of the molecule is CC1(Nc2ccc(Cl)cc2C#N)CCS(=O)(=O)C1. The Morgan fingerprint density at radius 1 is 1.50 bits per heavy atom. The van der Waals surface area contributed by atoms with E-state index < -0.39 is 15.4 Å². The molecule has 4 nitrogen and oxygen atoms in total. The molecule has 1 N–H and O–H groups in total. The Morgan fingerprint density at radius 2 is 2.22 bits per heavy atom. The summed E-state index contributed by atoms with van der Waals surface area (Å²) in [6.45, 7) is 1.85. The molecule has 1 saturated heterocycles. The second kappa shape index (κ2) is 4.45. The molecule has 0 aliphatic carbocycles. The average Bonchev–Trinajstić information content (AvgIpc) is 2.56. The summed E-state index contributed by atoms with van der Waals surface area (Å²) < 4.78 is 23.0. The van der Waals surface area contributed by atoms with Crippen LogP contribution < -0.4 is 5.32 Å². The normalized spacial score (nSPS) is 25.6. The zero-order chi connectivity index (χ0) is 13.4. The number of nitrogens with zero attached hydrogens (tertiary/aromatic N) is 1. The van der Waals surface area contributed by atoms with Gasteiger partial charge in [0.05, 0.1) is 22.8 Å². The maximum absolute atomic E-state index is 11.5. The minimum Gasteiger partial charge on any atom is -0.378 e. The predicted molar refractivity (Wildman–Crippen MR) is 71.5 cm³/mol. The van der Waals surface area contributed by atoms with Crippen molar-refractivity contribution in [2.45, 2.75) is 18.9 Å². The number of rotatable bonds is 2. The topological polar surface area (TPSA) is 70.0 Å². The van der Waals surface area contributed by atoms with E-state index in [9.17, 15) is 8.42 Å². The Labute approximate surface area is 111 Å². The molecule has 1 unspecified atom stereocenters. The van der Waals surface area contributed by atoms with Crippen LogP contribution in [0.2, 0.25) is 5.02 Å². The standard InChI is InChI=1S/C12H13ClN2O2S/c1-12(4-5-18(16,17)8-12)15-11-3-2-10(13)6-9(11)7-14/h2-3,6,15H,4-5,8H2,1H3. The van der Waals surface area contributed by atoms with Crippen molar-refractivity contribution in [3.63, 3.8) is 0 Å². The molecule has 1 aliphatic rings. The highest BCUT2D eigenvalue weighted by atomic mass is 35.5. The van der Waals surface area contributed by atoms with E-state index in [0.717, 1.165) is 0 Å². The second-order valence-corrected chi connectivity index (χ2v) is 7.45. The summed E-state index contributed by atoms with van der Waals surface area (Å²) in [4.78, 5) is 0. The minimum atomic E-state index is -2.97. The second-order valence-electron chi connectivity index (χ2n) is 4.83. The lowest BCUT2D eigenvalue weighted by Gasteiger charge is -2.26. The molecular weight excluding hydrogens is 272 g/mol. The smallest absolute Gasteiger partial charge is 0.152 e. The third kappa shape index (κ3) is 2.77. The van der Waals surface area contributed by atoms with Gasteiger partial charge in [-0.2, -0.15) is 5.26 Å². The Balaban J connectivity index is 2.28. The lowest BCUT2D eigenvalue weighted by Crippen LogP contribution is -2.36. The van der Waals surface area contributed by atoms with Crippen molar-refractivity contribution in [2.75, 3.05) is 16.8 Å². The number of sulfone groups is 1. The zero-order valence-corrected chi connectivity index (χ0v) is 11.5. The molecule has 1 fully saturated rings. The first-order valence-corrected chi connectivity index (χ1v) is 7.72. The van der Waals surface area contributed by atoms with Crippen molar-refractivity contribution in [1.82, 2.24) is 0 Å². The largest absolute Gasteiger partial charge is 0.378 e. The van der Waals surface area contributed by atoms with Gasteiger partial charge in [0, 0.05) is 10.6 Å². The van der Waals surface area contributed by atoms with E-state index in [1.54, 1.807) is 18.2 Å². The van der Waals surface area contributed by atoms with Crippen molar-refractivity contribution < 1.29 is 8.42 Å². The monoisotopic (exact) mass is 284 g/mol. The predicted octanol–water partition coefficient (Wildman–Crippen LogP) is 2.20. The van der Waals surface area contributed by atoms with Gasteiger partial charge in [-0.05, 0) is 31.5 Å². The Morgan fingerprint density at radius 3 is 2.78 bits per heavy atom. The quantitative estimate of drug-likeness (QED) is 0.904. The van der Waals surface area contributed by atoms with Gasteiger partial charge >= 0.3 is 0 Å². The third-order valence-corrected chi connectivity index (χ3v) is 5.18.